The molecular formula is C21H21BrN3+. The van der Waals surface area contributed by atoms with E-state index in [9.17, 15) is 0 Å². The quantitative estimate of drug-likeness (QED) is 0.293. The minimum atomic E-state index is 0. The normalized spacial score (nSPS) is 10.8. The van der Waals surface area contributed by atoms with Crippen LogP contribution in [0.5, 0.6) is 0 Å². The van der Waals surface area contributed by atoms with Crippen LogP contribution in [-0.4, -0.2) is 0 Å². The summed E-state index contributed by atoms with van der Waals surface area (Å²) in [6.45, 7) is 3.02. The molecule has 3 nitrogen and oxygen atoms in total. The molecule has 0 fully saturated rings. The first-order chi connectivity index (χ1) is 11.7. The van der Waals surface area contributed by atoms with Crippen LogP contribution in [0.4, 0.5) is 11.4 Å². The Morgan fingerprint density at radius 3 is 2.08 bits per heavy atom. The van der Waals surface area contributed by atoms with E-state index in [1.807, 2.05) is 18.2 Å². The number of nitrogens with zero attached hydrogens (tertiary/aromatic N) is 1. The molecule has 0 aliphatic carbocycles. The van der Waals surface area contributed by atoms with Crippen LogP contribution in [-0.2, 0) is 6.54 Å². The monoisotopic (exact) mass is 394 g/mol. The van der Waals surface area contributed by atoms with Gasteiger partial charge in [0.15, 0.2) is 0 Å². The summed E-state index contributed by atoms with van der Waals surface area (Å²) in [6.07, 6.45) is 0. The van der Waals surface area contributed by atoms with E-state index in [1.165, 1.54) is 27.4 Å². The molecule has 4 heteroatoms. The van der Waals surface area contributed by atoms with Crippen LogP contribution in [0.3, 0.4) is 0 Å². The minimum absolute atomic E-state index is 0. The number of rotatable bonds is 2. The van der Waals surface area contributed by atoms with Crippen molar-refractivity contribution < 1.29 is 4.57 Å². The smallest absolute Gasteiger partial charge is 0.220 e. The molecule has 0 aliphatic rings. The van der Waals surface area contributed by atoms with Crippen molar-refractivity contribution >= 4 is 50.0 Å². The van der Waals surface area contributed by atoms with Gasteiger partial charge >= 0.3 is 0 Å². The van der Waals surface area contributed by atoms with Crippen LogP contribution in [0.1, 0.15) is 6.92 Å². The Morgan fingerprint density at radius 1 is 0.760 bits per heavy atom. The molecule has 0 bridgehead atoms. The van der Waals surface area contributed by atoms with Gasteiger partial charge in [-0.25, -0.2) is 0 Å². The molecule has 4 rings (SSSR count). The standard InChI is InChI=1S/C21H19N3.BrH/c1-2-24-20-13-16(23)9-11-18(20)17-10-8-15(22)12-19(17)21(24)14-6-4-3-5-7-14;/h3-13,23H,2,22H2,1H3;1H/p+1. The summed E-state index contributed by atoms with van der Waals surface area (Å²) in [5.41, 5.74) is 17.2. The number of pyridine rings is 1. The van der Waals surface area contributed by atoms with Gasteiger partial charge < -0.3 is 11.5 Å². The fourth-order valence-corrected chi connectivity index (χ4v) is 3.49. The van der Waals surface area contributed by atoms with Gasteiger partial charge in [0.2, 0.25) is 11.2 Å². The fourth-order valence-electron chi connectivity index (χ4n) is 3.49. The zero-order valence-corrected chi connectivity index (χ0v) is 15.8. The lowest BCUT2D eigenvalue weighted by Gasteiger charge is -2.12. The molecule has 126 valence electrons. The summed E-state index contributed by atoms with van der Waals surface area (Å²) in [6, 6.07) is 22.7. The van der Waals surface area contributed by atoms with E-state index in [1.54, 1.807) is 0 Å². The molecule has 4 aromatic rings. The second kappa shape index (κ2) is 6.73. The molecule has 0 radical (unpaired) electrons. The molecule has 0 amide bonds. The van der Waals surface area contributed by atoms with Crippen molar-refractivity contribution in [1.82, 2.24) is 0 Å². The molecule has 0 unspecified atom stereocenters. The lowest BCUT2D eigenvalue weighted by molar-refractivity contribution is -0.655. The molecule has 25 heavy (non-hydrogen) atoms. The molecule has 0 saturated carbocycles. The van der Waals surface area contributed by atoms with E-state index < -0.39 is 0 Å². The van der Waals surface area contributed by atoms with Crippen molar-refractivity contribution in [2.75, 3.05) is 11.5 Å². The Morgan fingerprint density at radius 2 is 1.40 bits per heavy atom. The van der Waals surface area contributed by atoms with Gasteiger partial charge in [-0.2, -0.15) is 4.57 Å². The second-order valence-corrected chi connectivity index (χ2v) is 6.04. The van der Waals surface area contributed by atoms with Gasteiger partial charge in [0.05, 0.1) is 10.8 Å². The number of hydrogen-bond acceptors (Lipinski definition) is 2. The molecule has 4 N–H and O–H groups in total. The van der Waals surface area contributed by atoms with Crippen LogP contribution in [0.15, 0.2) is 66.7 Å². The molecule has 0 spiro atoms. The van der Waals surface area contributed by atoms with E-state index in [0.717, 1.165) is 23.4 Å². The third kappa shape index (κ3) is 2.83. The van der Waals surface area contributed by atoms with Crippen molar-refractivity contribution in [3.63, 3.8) is 0 Å². The maximum Gasteiger partial charge on any atom is 0.220 e. The Kier molecular flexibility index (Phi) is 4.64. The average Bonchev–Trinajstić information content (AvgIpc) is 2.61. The number of hydrogen-bond donors (Lipinski definition) is 2. The molecule has 1 aromatic heterocycles. The van der Waals surface area contributed by atoms with Gasteiger partial charge in [-0.15, -0.1) is 17.0 Å². The maximum atomic E-state index is 6.10. The van der Waals surface area contributed by atoms with Crippen molar-refractivity contribution in [3.05, 3.63) is 66.7 Å². The molecular weight excluding hydrogens is 374 g/mol. The summed E-state index contributed by atoms with van der Waals surface area (Å²) in [7, 11) is 0. The highest BCUT2D eigenvalue weighted by molar-refractivity contribution is 8.93. The third-order valence-electron chi connectivity index (χ3n) is 4.53. The van der Waals surface area contributed by atoms with E-state index in [-0.39, 0.29) is 17.0 Å². The highest BCUT2D eigenvalue weighted by atomic mass is 79.9. The Balaban J connectivity index is 0.00000182. The van der Waals surface area contributed by atoms with Gasteiger partial charge in [-0.3, -0.25) is 0 Å². The predicted molar refractivity (Wildman–Crippen MR) is 112 cm³/mol. The summed E-state index contributed by atoms with van der Waals surface area (Å²) in [4.78, 5) is 0. The second-order valence-electron chi connectivity index (χ2n) is 6.04. The number of aromatic nitrogens is 1. The van der Waals surface area contributed by atoms with Crippen LogP contribution in [0, 0.1) is 0 Å². The first-order valence-corrected chi connectivity index (χ1v) is 8.18. The van der Waals surface area contributed by atoms with E-state index in [2.05, 4.69) is 60.0 Å². The Bertz CT molecular complexity index is 1060. The highest BCUT2D eigenvalue weighted by Gasteiger charge is 2.22. The largest absolute Gasteiger partial charge is 0.399 e. The van der Waals surface area contributed by atoms with Gasteiger partial charge in [0, 0.05) is 28.4 Å². The first-order valence-electron chi connectivity index (χ1n) is 8.18. The fraction of sp³-hybridized carbons (Fsp3) is 0.0952. The molecule has 0 aliphatic heterocycles. The zero-order valence-electron chi connectivity index (χ0n) is 14.1. The molecule has 1 heterocycles. The predicted octanol–water partition coefficient (Wildman–Crippen LogP) is 4.71. The van der Waals surface area contributed by atoms with Gasteiger partial charge in [0.1, 0.15) is 6.54 Å². The van der Waals surface area contributed by atoms with Crippen LogP contribution in [0.25, 0.3) is 32.9 Å². The van der Waals surface area contributed by atoms with Crippen molar-refractivity contribution in [1.29, 1.82) is 0 Å². The molecule has 0 atom stereocenters. The third-order valence-corrected chi connectivity index (χ3v) is 4.53. The van der Waals surface area contributed by atoms with Gasteiger partial charge in [0.25, 0.3) is 0 Å². The van der Waals surface area contributed by atoms with Crippen molar-refractivity contribution in [3.8, 4) is 11.3 Å². The Labute approximate surface area is 157 Å². The number of benzene rings is 3. The van der Waals surface area contributed by atoms with Gasteiger partial charge in [-0.05, 0) is 43.3 Å². The van der Waals surface area contributed by atoms with Crippen molar-refractivity contribution in [2.45, 2.75) is 13.5 Å². The number of halogens is 1. The van der Waals surface area contributed by atoms with Gasteiger partial charge in [-0.1, -0.05) is 24.3 Å². The number of aryl methyl sites for hydroxylation is 1. The summed E-state index contributed by atoms with van der Waals surface area (Å²) >= 11 is 0. The first kappa shape index (κ1) is 17.2. The number of nitrogen functional groups attached to an aromatic ring is 2. The van der Waals surface area contributed by atoms with E-state index in [0.29, 0.717) is 0 Å². The topological polar surface area (TPSA) is 55.9 Å². The van der Waals surface area contributed by atoms with E-state index >= 15 is 0 Å². The lowest BCUT2D eigenvalue weighted by atomic mass is 9.98. The van der Waals surface area contributed by atoms with Crippen LogP contribution < -0.4 is 16.0 Å². The number of nitrogens with two attached hydrogens (primary N) is 2. The SMILES string of the molecule is Br.CC[n+]1c(-c2ccccc2)c2cc(N)ccc2c2ccc(N)cc21. The maximum absolute atomic E-state index is 6.10. The highest BCUT2D eigenvalue weighted by Crippen LogP contribution is 2.33. The summed E-state index contributed by atoms with van der Waals surface area (Å²) in [5, 5.41) is 3.56. The summed E-state index contributed by atoms with van der Waals surface area (Å²) in [5.74, 6) is 0. The number of anilines is 2. The average molecular weight is 395 g/mol. The zero-order chi connectivity index (χ0) is 16.7. The summed E-state index contributed by atoms with van der Waals surface area (Å²) < 4.78 is 2.32. The molecule has 0 saturated heterocycles. The number of fused-ring (bicyclic) bond motifs is 3. The lowest BCUT2D eigenvalue weighted by Crippen LogP contribution is -2.36. The Hall–Kier alpha value is -2.59. The van der Waals surface area contributed by atoms with Crippen LogP contribution in [0.2, 0.25) is 0 Å². The van der Waals surface area contributed by atoms with E-state index in [4.69, 9.17) is 11.5 Å². The molecule has 3 aromatic carbocycles. The van der Waals surface area contributed by atoms with Crippen molar-refractivity contribution in [2.24, 2.45) is 0 Å². The van der Waals surface area contributed by atoms with Crippen LogP contribution >= 0.6 is 17.0 Å². The minimum Gasteiger partial charge on any atom is -0.399 e.